The van der Waals surface area contributed by atoms with Gasteiger partial charge in [0, 0.05) is 16.6 Å². The van der Waals surface area contributed by atoms with Crippen molar-refractivity contribution >= 4 is 11.3 Å². The lowest BCUT2D eigenvalue weighted by molar-refractivity contribution is 0.370. The number of nitrogens with zero attached hydrogens (tertiary/aromatic N) is 4. The molecule has 0 atom stereocenters. The normalized spacial score (nSPS) is 11.0. The maximum Gasteiger partial charge on any atom is 0.246 e. The number of hydrogen-bond acceptors (Lipinski definition) is 5. The van der Waals surface area contributed by atoms with Gasteiger partial charge in [-0.2, -0.15) is 16.3 Å². The number of hydrogen-bond donors (Lipinski definition) is 0. The van der Waals surface area contributed by atoms with Crippen molar-refractivity contribution in [1.29, 1.82) is 0 Å². The Balaban J connectivity index is 1.84. The second-order valence-corrected chi connectivity index (χ2v) is 4.85. The van der Waals surface area contributed by atoms with Crippen molar-refractivity contribution < 1.29 is 4.52 Å². The maximum atomic E-state index is 5.25. The van der Waals surface area contributed by atoms with Gasteiger partial charge in [0.25, 0.3) is 0 Å². The Morgan fingerprint density at radius 2 is 2.28 bits per heavy atom. The molecule has 0 radical (unpaired) electrons. The molecule has 0 aliphatic rings. The van der Waals surface area contributed by atoms with Gasteiger partial charge in [0.05, 0.1) is 12.0 Å². The Morgan fingerprint density at radius 3 is 2.94 bits per heavy atom. The second-order valence-electron chi connectivity index (χ2n) is 4.07. The molecule has 5 nitrogen and oxygen atoms in total. The SMILES string of the molecule is Cc1ncn(Cc2nc(-c3ccsc3)no2)c1C. The molecule has 0 saturated carbocycles. The predicted octanol–water partition coefficient (Wildman–Crippen LogP) is 2.66. The largest absolute Gasteiger partial charge is 0.337 e. The number of thiophene rings is 1. The highest BCUT2D eigenvalue weighted by Crippen LogP contribution is 2.19. The van der Waals surface area contributed by atoms with Gasteiger partial charge in [-0.3, -0.25) is 0 Å². The van der Waals surface area contributed by atoms with E-state index in [-0.39, 0.29) is 0 Å². The third-order valence-corrected chi connectivity index (χ3v) is 3.58. The number of imidazole rings is 1. The standard InChI is InChI=1S/C12H12N4OS/c1-8-9(2)16(7-13-8)5-11-14-12(15-17-11)10-3-4-18-6-10/h3-4,6-7H,5H2,1-2H3. The van der Waals surface area contributed by atoms with Crippen molar-refractivity contribution in [3.8, 4) is 11.4 Å². The lowest BCUT2D eigenvalue weighted by atomic mass is 10.3. The minimum Gasteiger partial charge on any atom is -0.337 e. The van der Waals surface area contributed by atoms with Crippen LogP contribution in [0.15, 0.2) is 27.7 Å². The molecule has 3 rings (SSSR count). The lowest BCUT2D eigenvalue weighted by Crippen LogP contribution is -2.00. The van der Waals surface area contributed by atoms with Gasteiger partial charge in [0.2, 0.25) is 11.7 Å². The summed E-state index contributed by atoms with van der Waals surface area (Å²) in [6.07, 6.45) is 1.79. The first-order valence-electron chi connectivity index (χ1n) is 5.57. The van der Waals surface area contributed by atoms with Gasteiger partial charge in [0.1, 0.15) is 6.54 Å². The van der Waals surface area contributed by atoms with Gasteiger partial charge in [0.15, 0.2) is 0 Å². The van der Waals surface area contributed by atoms with Gasteiger partial charge in [-0.15, -0.1) is 0 Å². The minimum absolute atomic E-state index is 0.559. The molecule has 3 aromatic rings. The minimum atomic E-state index is 0.559. The smallest absolute Gasteiger partial charge is 0.246 e. The van der Waals surface area contributed by atoms with E-state index in [2.05, 4.69) is 15.1 Å². The summed E-state index contributed by atoms with van der Waals surface area (Å²) in [5.41, 5.74) is 3.13. The fourth-order valence-corrected chi connectivity index (χ4v) is 2.31. The van der Waals surface area contributed by atoms with Crippen LogP contribution in [-0.4, -0.2) is 19.7 Å². The molecular weight excluding hydrogens is 248 g/mol. The molecule has 0 spiro atoms. The summed E-state index contributed by atoms with van der Waals surface area (Å²) < 4.78 is 7.25. The Bertz CT molecular complexity index is 653. The van der Waals surface area contributed by atoms with E-state index in [1.165, 1.54) is 0 Å². The van der Waals surface area contributed by atoms with Crippen LogP contribution < -0.4 is 0 Å². The van der Waals surface area contributed by atoms with Crippen molar-refractivity contribution in [1.82, 2.24) is 19.7 Å². The van der Waals surface area contributed by atoms with Gasteiger partial charge in [-0.25, -0.2) is 4.98 Å². The highest BCUT2D eigenvalue weighted by Gasteiger charge is 2.11. The summed E-state index contributed by atoms with van der Waals surface area (Å²) in [5.74, 6) is 1.23. The van der Waals surface area contributed by atoms with Crippen molar-refractivity contribution in [2.45, 2.75) is 20.4 Å². The van der Waals surface area contributed by atoms with Crippen molar-refractivity contribution in [2.24, 2.45) is 0 Å². The van der Waals surface area contributed by atoms with E-state index < -0.39 is 0 Å². The van der Waals surface area contributed by atoms with Gasteiger partial charge in [-0.05, 0) is 25.3 Å². The number of aromatic nitrogens is 4. The van der Waals surface area contributed by atoms with Gasteiger partial charge < -0.3 is 9.09 Å². The number of aryl methyl sites for hydroxylation is 1. The molecule has 6 heteroatoms. The topological polar surface area (TPSA) is 56.7 Å². The van der Waals surface area contributed by atoms with Crippen LogP contribution in [0.5, 0.6) is 0 Å². The Labute approximate surface area is 108 Å². The average molecular weight is 260 g/mol. The zero-order chi connectivity index (χ0) is 12.5. The molecule has 0 unspecified atom stereocenters. The van der Waals surface area contributed by atoms with Crippen molar-refractivity contribution in [3.63, 3.8) is 0 Å². The molecule has 3 heterocycles. The van der Waals surface area contributed by atoms with Crippen LogP contribution in [0.25, 0.3) is 11.4 Å². The zero-order valence-electron chi connectivity index (χ0n) is 10.1. The molecule has 0 N–H and O–H groups in total. The Hall–Kier alpha value is -1.95. The van der Waals surface area contributed by atoms with Crippen LogP contribution in [0, 0.1) is 13.8 Å². The van der Waals surface area contributed by atoms with E-state index in [0.29, 0.717) is 18.3 Å². The summed E-state index contributed by atoms with van der Waals surface area (Å²) in [4.78, 5) is 8.62. The van der Waals surface area contributed by atoms with Crippen LogP contribution in [0.3, 0.4) is 0 Å². The summed E-state index contributed by atoms with van der Waals surface area (Å²) in [6.45, 7) is 4.57. The lowest BCUT2D eigenvalue weighted by Gasteiger charge is -1.99. The summed E-state index contributed by atoms with van der Waals surface area (Å²) >= 11 is 1.62. The second kappa shape index (κ2) is 4.38. The average Bonchev–Trinajstić information content (AvgIpc) is 3.06. The monoisotopic (exact) mass is 260 g/mol. The van der Waals surface area contributed by atoms with E-state index in [0.717, 1.165) is 17.0 Å². The molecule has 0 saturated heterocycles. The van der Waals surface area contributed by atoms with Crippen LogP contribution in [0.4, 0.5) is 0 Å². The fraction of sp³-hybridized carbons (Fsp3) is 0.250. The Morgan fingerprint density at radius 1 is 1.39 bits per heavy atom. The molecule has 0 bridgehead atoms. The van der Waals surface area contributed by atoms with Crippen LogP contribution in [0.1, 0.15) is 17.3 Å². The molecule has 3 aromatic heterocycles. The van der Waals surface area contributed by atoms with E-state index in [1.807, 2.05) is 35.2 Å². The van der Waals surface area contributed by atoms with Crippen LogP contribution >= 0.6 is 11.3 Å². The molecular formula is C12H12N4OS. The molecule has 0 aromatic carbocycles. The molecule has 0 amide bonds. The molecule has 0 aliphatic heterocycles. The van der Waals surface area contributed by atoms with Crippen molar-refractivity contribution in [2.75, 3.05) is 0 Å². The van der Waals surface area contributed by atoms with Crippen LogP contribution in [-0.2, 0) is 6.54 Å². The van der Waals surface area contributed by atoms with Crippen molar-refractivity contribution in [3.05, 3.63) is 40.4 Å². The van der Waals surface area contributed by atoms with E-state index in [1.54, 1.807) is 17.7 Å². The first-order valence-corrected chi connectivity index (χ1v) is 6.52. The molecule has 0 fully saturated rings. The van der Waals surface area contributed by atoms with E-state index in [9.17, 15) is 0 Å². The molecule has 18 heavy (non-hydrogen) atoms. The third kappa shape index (κ3) is 1.95. The van der Waals surface area contributed by atoms with Gasteiger partial charge in [-0.1, -0.05) is 5.16 Å². The predicted molar refractivity (Wildman–Crippen MR) is 68.4 cm³/mol. The number of rotatable bonds is 3. The zero-order valence-corrected chi connectivity index (χ0v) is 10.9. The quantitative estimate of drug-likeness (QED) is 0.726. The first kappa shape index (κ1) is 11.2. The Kier molecular flexibility index (Phi) is 2.71. The van der Waals surface area contributed by atoms with Crippen LogP contribution in [0.2, 0.25) is 0 Å². The molecule has 0 aliphatic carbocycles. The highest BCUT2D eigenvalue weighted by atomic mass is 32.1. The molecule has 92 valence electrons. The third-order valence-electron chi connectivity index (χ3n) is 2.90. The first-order chi connectivity index (χ1) is 8.74. The fourth-order valence-electron chi connectivity index (χ4n) is 1.68. The summed E-state index contributed by atoms with van der Waals surface area (Å²) in [6, 6.07) is 1.98. The van der Waals surface area contributed by atoms with E-state index in [4.69, 9.17) is 4.52 Å². The van der Waals surface area contributed by atoms with E-state index >= 15 is 0 Å². The summed E-state index contributed by atoms with van der Waals surface area (Å²) in [7, 11) is 0. The van der Waals surface area contributed by atoms with Gasteiger partial charge >= 0.3 is 0 Å². The maximum absolute atomic E-state index is 5.25. The highest BCUT2D eigenvalue weighted by molar-refractivity contribution is 7.08. The summed E-state index contributed by atoms with van der Waals surface area (Å²) in [5, 5.41) is 7.97.